The largest absolute Gasteiger partial charge is 0.444 e. The summed E-state index contributed by atoms with van der Waals surface area (Å²) in [6.07, 6.45) is 1.37. The van der Waals surface area contributed by atoms with Crippen molar-refractivity contribution < 1.29 is 17.9 Å². The fourth-order valence-electron chi connectivity index (χ4n) is 2.65. The Morgan fingerprint density at radius 3 is 2.56 bits per heavy atom. The Bertz CT molecular complexity index is 698. The van der Waals surface area contributed by atoms with Crippen molar-refractivity contribution in [2.24, 2.45) is 5.92 Å². The fourth-order valence-corrected chi connectivity index (χ4v) is 4.03. The van der Waals surface area contributed by atoms with Crippen LogP contribution >= 0.6 is 15.9 Å². The highest BCUT2D eigenvalue weighted by Crippen LogP contribution is 2.20. The summed E-state index contributed by atoms with van der Waals surface area (Å²) in [5, 5.41) is 0. The summed E-state index contributed by atoms with van der Waals surface area (Å²) in [4.78, 5) is 14.1. The third-order valence-corrected chi connectivity index (χ3v) is 5.82. The number of hydrogen-bond acceptors (Lipinski definition) is 4. The molecule has 1 atom stereocenters. The van der Waals surface area contributed by atoms with Gasteiger partial charge in [-0.25, -0.2) is 17.9 Å². The molecule has 0 spiro atoms. The molecular weight excluding hydrogens is 408 g/mol. The van der Waals surface area contributed by atoms with E-state index in [0.29, 0.717) is 19.6 Å². The van der Waals surface area contributed by atoms with Crippen LogP contribution in [0.1, 0.15) is 33.6 Å². The molecule has 1 N–H and O–H groups in total. The number of piperidine rings is 1. The molecule has 1 heterocycles. The van der Waals surface area contributed by atoms with Crippen LogP contribution in [-0.4, -0.2) is 44.6 Å². The second-order valence-electron chi connectivity index (χ2n) is 7.24. The van der Waals surface area contributed by atoms with Gasteiger partial charge in [-0.15, -0.1) is 0 Å². The molecule has 1 amide bonds. The smallest absolute Gasteiger partial charge is 0.410 e. The number of carbonyl (C=O) groups excluding carboxylic acids is 1. The van der Waals surface area contributed by atoms with E-state index in [0.717, 1.165) is 17.3 Å². The standard InChI is InChI=1S/C17H25BrN2O4S/c1-17(2,3)24-16(21)20-10-4-5-13(12-20)11-19-25(22,23)15-8-6-14(18)7-9-15/h6-9,13,19H,4-5,10-12H2,1-3H3/t13-/m1/s1. The molecule has 0 radical (unpaired) electrons. The van der Waals surface area contributed by atoms with E-state index >= 15 is 0 Å². The Morgan fingerprint density at radius 1 is 1.32 bits per heavy atom. The van der Waals surface area contributed by atoms with Crippen LogP contribution in [0.5, 0.6) is 0 Å². The maximum Gasteiger partial charge on any atom is 0.410 e. The van der Waals surface area contributed by atoms with Gasteiger partial charge in [-0.05, 0) is 63.8 Å². The summed E-state index contributed by atoms with van der Waals surface area (Å²) >= 11 is 3.29. The molecular formula is C17H25BrN2O4S. The molecule has 0 aromatic heterocycles. The lowest BCUT2D eigenvalue weighted by molar-refractivity contribution is 0.0169. The number of nitrogens with zero attached hydrogens (tertiary/aromatic N) is 1. The van der Waals surface area contributed by atoms with Crippen molar-refractivity contribution in [1.29, 1.82) is 0 Å². The summed E-state index contributed by atoms with van der Waals surface area (Å²) < 4.78 is 33.6. The molecule has 1 aromatic carbocycles. The quantitative estimate of drug-likeness (QED) is 0.790. The normalized spacial score (nSPS) is 18.9. The van der Waals surface area contributed by atoms with Gasteiger partial charge in [-0.1, -0.05) is 15.9 Å². The van der Waals surface area contributed by atoms with E-state index in [9.17, 15) is 13.2 Å². The molecule has 0 saturated carbocycles. The lowest BCUT2D eigenvalue weighted by Gasteiger charge is -2.34. The lowest BCUT2D eigenvalue weighted by Crippen LogP contribution is -2.45. The zero-order valence-corrected chi connectivity index (χ0v) is 17.2. The number of carbonyl (C=O) groups is 1. The average molecular weight is 433 g/mol. The predicted molar refractivity (Wildman–Crippen MR) is 99.9 cm³/mol. The Kier molecular flexibility index (Phi) is 6.51. The molecule has 1 saturated heterocycles. The van der Waals surface area contributed by atoms with Gasteiger partial charge < -0.3 is 9.64 Å². The third kappa shape index (κ3) is 6.27. The monoisotopic (exact) mass is 432 g/mol. The Balaban J connectivity index is 1.92. The van der Waals surface area contributed by atoms with Gasteiger partial charge in [0.1, 0.15) is 5.60 Å². The molecule has 2 rings (SSSR count). The molecule has 8 heteroatoms. The lowest BCUT2D eigenvalue weighted by atomic mass is 9.99. The zero-order valence-electron chi connectivity index (χ0n) is 14.8. The SMILES string of the molecule is CC(C)(C)OC(=O)N1CCC[C@H](CNS(=O)(=O)c2ccc(Br)cc2)C1. The minimum absolute atomic E-state index is 0.0755. The Morgan fingerprint density at radius 2 is 1.96 bits per heavy atom. The number of hydrogen-bond donors (Lipinski definition) is 1. The summed E-state index contributed by atoms with van der Waals surface area (Å²) in [5.74, 6) is 0.0755. The van der Waals surface area contributed by atoms with Crippen LogP contribution in [0.15, 0.2) is 33.6 Å². The average Bonchev–Trinajstić information content (AvgIpc) is 2.52. The highest BCUT2D eigenvalue weighted by molar-refractivity contribution is 9.10. The minimum atomic E-state index is -3.55. The van der Waals surface area contributed by atoms with Gasteiger partial charge >= 0.3 is 6.09 Å². The molecule has 1 aromatic rings. The topological polar surface area (TPSA) is 75.7 Å². The highest BCUT2D eigenvalue weighted by Gasteiger charge is 2.28. The molecule has 1 fully saturated rings. The maximum atomic E-state index is 12.4. The van der Waals surface area contributed by atoms with Crippen molar-refractivity contribution in [3.8, 4) is 0 Å². The van der Waals surface area contributed by atoms with Crippen LogP contribution < -0.4 is 4.72 Å². The van der Waals surface area contributed by atoms with Gasteiger partial charge in [0.2, 0.25) is 10.0 Å². The summed E-state index contributed by atoms with van der Waals surface area (Å²) in [7, 11) is -3.55. The molecule has 6 nitrogen and oxygen atoms in total. The molecule has 0 aliphatic carbocycles. The molecule has 25 heavy (non-hydrogen) atoms. The van der Waals surface area contributed by atoms with Crippen molar-refractivity contribution in [1.82, 2.24) is 9.62 Å². The van der Waals surface area contributed by atoms with Crippen molar-refractivity contribution in [3.05, 3.63) is 28.7 Å². The van der Waals surface area contributed by atoms with Gasteiger partial charge in [-0.2, -0.15) is 0 Å². The van der Waals surface area contributed by atoms with Crippen molar-refractivity contribution >= 4 is 32.0 Å². The van der Waals surface area contributed by atoms with Crippen molar-refractivity contribution in [3.63, 3.8) is 0 Å². The van der Waals surface area contributed by atoms with Crippen LogP contribution in [0, 0.1) is 5.92 Å². The molecule has 140 valence electrons. The van der Waals surface area contributed by atoms with E-state index in [-0.39, 0.29) is 16.9 Å². The molecule has 1 aliphatic rings. The predicted octanol–water partition coefficient (Wildman–Crippen LogP) is 3.37. The van der Waals surface area contributed by atoms with E-state index < -0.39 is 15.6 Å². The van der Waals surface area contributed by atoms with Crippen LogP contribution in [0.25, 0.3) is 0 Å². The first kappa shape index (κ1) is 20.2. The number of benzene rings is 1. The van der Waals surface area contributed by atoms with E-state index in [2.05, 4.69) is 20.7 Å². The van der Waals surface area contributed by atoms with E-state index in [1.807, 2.05) is 20.8 Å². The number of amides is 1. The fraction of sp³-hybridized carbons (Fsp3) is 0.588. The van der Waals surface area contributed by atoms with E-state index in [1.165, 1.54) is 0 Å². The summed E-state index contributed by atoms with van der Waals surface area (Å²) in [6, 6.07) is 6.50. The van der Waals surface area contributed by atoms with Gasteiger partial charge in [0.15, 0.2) is 0 Å². The molecule has 0 unspecified atom stereocenters. The second kappa shape index (κ2) is 8.05. The zero-order chi connectivity index (χ0) is 18.7. The first-order valence-electron chi connectivity index (χ1n) is 8.30. The van der Waals surface area contributed by atoms with Crippen LogP contribution in [-0.2, 0) is 14.8 Å². The van der Waals surface area contributed by atoms with Crippen LogP contribution in [0.4, 0.5) is 4.79 Å². The van der Waals surface area contributed by atoms with Gasteiger partial charge in [0, 0.05) is 24.1 Å². The second-order valence-corrected chi connectivity index (χ2v) is 9.92. The summed E-state index contributed by atoms with van der Waals surface area (Å²) in [5.41, 5.74) is -0.535. The van der Waals surface area contributed by atoms with Crippen molar-refractivity contribution in [2.75, 3.05) is 19.6 Å². The van der Waals surface area contributed by atoms with Gasteiger partial charge in [0.25, 0.3) is 0 Å². The first-order valence-corrected chi connectivity index (χ1v) is 10.6. The third-order valence-electron chi connectivity index (χ3n) is 3.86. The highest BCUT2D eigenvalue weighted by atomic mass is 79.9. The van der Waals surface area contributed by atoms with Gasteiger partial charge in [-0.3, -0.25) is 0 Å². The number of nitrogens with one attached hydrogen (secondary N) is 1. The Labute approximate surface area is 158 Å². The first-order chi connectivity index (χ1) is 11.6. The number of sulfonamides is 1. The van der Waals surface area contributed by atoms with Crippen LogP contribution in [0.2, 0.25) is 0 Å². The number of halogens is 1. The van der Waals surface area contributed by atoms with Crippen molar-refractivity contribution in [2.45, 2.75) is 44.1 Å². The molecule has 1 aliphatic heterocycles. The van der Waals surface area contributed by atoms with Gasteiger partial charge in [0.05, 0.1) is 4.90 Å². The number of rotatable bonds is 4. The summed E-state index contributed by atoms with van der Waals surface area (Å²) in [6.45, 7) is 6.94. The van der Waals surface area contributed by atoms with E-state index in [4.69, 9.17) is 4.74 Å². The number of likely N-dealkylation sites (tertiary alicyclic amines) is 1. The van der Waals surface area contributed by atoms with Crippen LogP contribution in [0.3, 0.4) is 0 Å². The maximum absolute atomic E-state index is 12.4. The Hall–Kier alpha value is -1.12. The number of ether oxygens (including phenoxy) is 1. The molecule has 0 bridgehead atoms. The van der Waals surface area contributed by atoms with E-state index in [1.54, 1.807) is 29.2 Å². The minimum Gasteiger partial charge on any atom is -0.444 e.